The van der Waals surface area contributed by atoms with E-state index >= 15 is 0 Å². The molecule has 0 saturated carbocycles. The minimum absolute atomic E-state index is 0.0445. The molecule has 104 valence electrons. The Balaban J connectivity index is 2.06. The highest BCUT2D eigenvalue weighted by Crippen LogP contribution is 2.11. The summed E-state index contributed by atoms with van der Waals surface area (Å²) in [5.74, 6) is -1.64. The Labute approximate surface area is 114 Å². The number of nitrogens with one attached hydrogen (secondary N) is 1. The van der Waals surface area contributed by atoms with E-state index < -0.39 is 24.1 Å². The molecule has 0 heterocycles. The van der Waals surface area contributed by atoms with Gasteiger partial charge in [0.2, 0.25) is 0 Å². The number of amides is 1. The van der Waals surface area contributed by atoms with Crippen LogP contribution in [0.2, 0.25) is 0 Å². The summed E-state index contributed by atoms with van der Waals surface area (Å²) in [6.45, 7) is -0.290. The molecule has 3 nitrogen and oxygen atoms in total. The van der Waals surface area contributed by atoms with E-state index in [2.05, 4.69) is 5.32 Å². The van der Waals surface area contributed by atoms with E-state index in [0.717, 1.165) is 0 Å². The van der Waals surface area contributed by atoms with Crippen LogP contribution in [0.15, 0.2) is 42.5 Å². The normalized spacial score (nSPS) is 10.3. The van der Waals surface area contributed by atoms with E-state index in [4.69, 9.17) is 5.11 Å². The molecule has 0 fully saturated rings. The van der Waals surface area contributed by atoms with E-state index in [1.807, 2.05) is 0 Å². The molecule has 0 unspecified atom stereocenters. The van der Waals surface area contributed by atoms with Gasteiger partial charge < -0.3 is 10.4 Å². The molecule has 20 heavy (non-hydrogen) atoms. The molecule has 2 rings (SSSR count). The Hall–Kier alpha value is -2.27. The van der Waals surface area contributed by atoms with Gasteiger partial charge in [0.1, 0.15) is 11.6 Å². The van der Waals surface area contributed by atoms with Gasteiger partial charge in [-0.2, -0.15) is 0 Å². The lowest BCUT2D eigenvalue weighted by atomic mass is 10.1. The van der Waals surface area contributed by atoms with Crippen LogP contribution in [0.5, 0.6) is 0 Å². The second kappa shape index (κ2) is 6.25. The van der Waals surface area contributed by atoms with E-state index in [-0.39, 0.29) is 17.7 Å². The zero-order valence-corrected chi connectivity index (χ0v) is 10.6. The Morgan fingerprint density at radius 3 is 2.55 bits per heavy atom. The van der Waals surface area contributed by atoms with Crippen LogP contribution in [-0.4, -0.2) is 11.0 Å². The molecule has 0 bridgehead atoms. The summed E-state index contributed by atoms with van der Waals surface area (Å²) >= 11 is 0. The molecular weight excluding hydrogens is 264 g/mol. The molecule has 0 aliphatic carbocycles. The Morgan fingerprint density at radius 2 is 1.85 bits per heavy atom. The van der Waals surface area contributed by atoms with Crippen molar-refractivity contribution in [2.45, 2.75) is 13.2 Å². The number of aliphatic hydroxyl groups excluding tert-OH is 1. The van der Waals surface area contributed by atoms with Gasteiger partial charge in [-0.05, 0) is 29.8 Å². The highest BCUT2D eigenvalue weighted by atomic mass is 19.1. The molecule has 1 amide bonds. The second-order valence-electron chi connectivity index (χ2n) is 4.25. The molecular formula is C15H13F2NO2. The number of hydrogen-bond acceptors (Lipinski definition) is 2. The van der Waals surface area contributed by atoms with Crippen LogP contribution in [0.1, 0.15) is 21.5 Å². The summed E-state index contributed by atoms with van der Waals surface area (Å²) in [7, 11) is 0. The van der Waals surface area contributed by atoms with Crippen molar-refractivity contribution < 1.29 is 18.7 Å². The summed E-state index contributed by atoms with van der Waals surface area (Å²) in [4.78, 5) is 11.8. The van der Waals surface area contributed by atoms with E-state index in [1.165, 1.54) is 36.4 Å². The number of carbonyl (C=O) groups is 1. The fraction of sp³-hybridized carbons (Fsp3) is 0.133. The van der Waals surface area contributed by atoms with Crippen molar-refractivity contribution in [2.24, 2.45) is 0 Å². The monoisotopic (exact) mass is 277 g/mol. The third-order valence-corrected chi connectivity index (χ3v) is 2.85. The molecule has 0 atom stereocenters. The summed E-state index contributed by atoms with van der Waals surface area (Å²) in [6, 6.07) is 9.83. The molecule has 0 aromatic heterocycles. The van der Waals surface area contributed by atoms with Crippen molar-refractivity contribution in [2.75, 3.05) is 0 Å². The lowest BCUT2D eigenvalue weighted by Gasteiger charge is -2.08. The standard InChI is InChI=1S/C15H13F2NO2/c16-13-6-5-10(7-11(13)9-19)8-18-15(20)12-3-1-2-4-14(12)17/h1-7,19H,8-9H2,(H,18,20). The van der Waals surface area contributed by atoms with Gasteiger partial charge in [0.25, 0.3) is 5.91 Å². The van der Waals surface area contributed by atoms with Gasteiger partial charge >= 0.3 is 0 Å². The molecule has 2 N–H and O–H groups in total. The van der Waals surface area contributed by atoms with Crippen LogP contribution in [0.25, 0.3) is 0 Å². The van der Waals surface area contributed by atoms with Crippen molar-refractivity contribution in [1.82, 2.24) is 5.32 Å². The smallest absolute Gasteiger partial charge is 0.254 e. The van der Waals surface area contributed by atoms with Gasteiger partial charge in [0, 0.05) is 12.1 Å². The van der Waals surface area contributed by atoms with E-state index in [1.54, 1.807) is 6.07 Å². The van der Waals surface area contributed by atoms with Gasteiger partial charge in [0.15, 0.2) is 0 Å². The zero-order chi connectivity index (χ0) is 14.5. The first-order valence-corrected chi connectivity index (χ1v) is 6.02. The maximum atomic E-state index is 13.4. The van der Waals surface area contributed by atoms with Crippen LogP contribution in [0.4, 0.5) is 8.78 Å². The Morgan fingerprint density at radius 1 is 1.10 bits per heavy atom. The van der Waals surface area contributed by atoms with Crippen molar-refractivity contribution in [3.63, 3.8) is 0 Å². The molecule has 2 aromatic rings. The molecule has 0 spiro atoms. The summed E-state index contributed by atoms with van der Waals surface area (Å²) in [5.41, 5.74) is 0.736. The first-order valence-electron chi connectivity index (χ1n) is 6.02. The van der Waals surface area contributed by atoms with Gasteiger partial charge in [0.05, 0.1) is 12.2 Å². The third kappa shape index (κ3) is 3.19. The van der Waals surface area contributed by atoms with Gasteiger partial charge in [-0.25, -0.2) is 8.78 Å². The van der Waals surface area contributed by atoms with Crippen LogP contribution in [0.3, 0.4) is 0 Å². The molecule has 0 aliphatic rings. The number of carbonyl (C=O) groups excluding carboxylic acids is 1. The lowest BCUT2D eigenvalue weighted by molar-refractivity contribution is 0.0947. The van der Waals surface area contributed by atoms with Crippen LogP contribution in [-0.2, 0) is 13.2 Å². The Bertz CT molecular complexity index is 629. The largest absolute Gasteiger partial charge is 0.392 e. The van der Waals surface area contributed by atoms with Crippen molar-refractivity contribution in [3.05, 3.63) is 70.8 Å². The molecule has 0 radical (unpaired) electrons. The van der Waals surface area contributed by atoms with E-state index in [9.17, 15) is 13.6 Å². The maximum absolute atomic E-state index is 13.4. The van der Waals surface area contributed by atoms with Crippen molar-refractivity contribution in [3.8, 4) is 0 Å². The summed E-state index contributed by atoms with van der Waals surface area (Å²) in [6.07, 6.45) is 0. The minimum Gasteiger partial charge on any atom is -0.392 e. The quantitative estimate of drug-likeness (QED) is 0.901. The molecule has 2 aromatic carbocycles. The molecule has 5 heteroatoms. The number of rotatable bonds is 4. The predicted molar refractivity (Wildman–Crippen MR) is 69.9 cm³/mol. The first kappa shape index (κ1) is 14.1. The van der Waals surface area contributed by atoms with E-state index in [0.29, 0.717) is 5.56 Å². The topological polar surface area (TPSA) is 49.3 Å². The first-order chi connectivity index (χ1) is 9.61. The summed E-state index contributed by atoms with van der Waals surface area (Å²) < 4.78 is 26.6. The number of benzene rings is 2. The van der Waals surface area contributed by atoms with Crippen LogP contribution < -0.4 is 5.32 Å². The Kier molecular flexibility index (Phi) is 4.42. The summed E-state index contributed by atoms with van der Waals surface area (Å²) in [5, 5.41) is 11.5. The highest BCUT2D eigenvalue weighted by Gasteiger charge is 2.10. The van der Waals surface area contributed by atoms with Gasteiger partial charge in [-0.3, -0.25) is 4.79 Å². The molecule has 0 aliphatic heterocycles. The average molecular weight is 277 g/mol. The predicted octanol–water partition coefficient (Wildman–Crippen LogP) is 2.39. The van der Waals surface area contributed by atoms with Crippen molar-refractivity contribution >= 4 is 5.91 Å². The average Bonchev–Trinajstić information content (AvgIpc) is 2.46. The lowest BCUT2D eigenvalue weighted by Crippen LogP contribution is -2.23. The maximum Gasteiger partial charge on any atom is 0.254 e. The second-order valence-corrected chi connectivity index (χ2v) is 4.25. The van der Waals surface area contributed by atoms with Crippen molar-refractivity contribution in [1.29, 1.82) is 0 Å². The zero-order valence-electron chi connectivity index (χ0n) is 10.6. The third-order valence-electron chi connectivity index (χ3n) is 2.85. The number of hydrogen-bond donors (Lipinski definition) is 2. The fourth-order valence-electron chi connectivity index (χ4n) is 1.78. The number of halogens is 2. The SMILES string of the molecule is O=C(NCc1ccc(F)c(CO)c1)c1ccccc1F. The number of aliphatic hydroxyl groups is 1. The minimum atomic E-state index is -0.597. The van der Waals surface area contributed by atoms with Crippen LogP contribution in [0, 0.1) is 11.6 Å². The van der Waals surface area contributed by atoms with Gasteiger partial charge in [-0.15, -0.1) is 0 Å². The molecule has 0 saturated heterocycles. The highest BCUT2D eigenvalue weighted by molar-refractivity contribution is 5.94. The fourth-order valence-corrected chi connectivity index (χ4v) is 1.78. The van der Waals surface area contributed by atoms with Crippen LogP contribution >= 0.6 is 0 Å². The van der Waals surface area contributed by atoms with Gasteiger partial charge in [-0.1, -0.05) is 18.2 Å².